The number of aromatic amines is 1. The molecule has 1 aromatic heterocycles. The lowest BCUT2D eigenvalue weighted by molar-refractivity contribution is -0.384. The summed E-state index contributed by atoms with van der Waals surface area (Å²) in [7, 11) is 1.43. The van der Waals surface area contributed by atoms with Crippen molar-refractivity contribution in [3.63, 3.8) is 0 Å². The van der Waals surface area contributed by atoms with Crippen molar-refractivity contribution in [2.24, 2.45) is 5.10 Å². The van der Waals surface area contributed by atoms with E-state index in [4.69, 9.17) is 4.74 Å². The van der Waals surface area contributed by atoms with Crippen LogP contribution in [0.3, 0.4) is 0 Å². The maximum atomic E-state index is 12.2. The van der Waals surface area contributed by atoms with Gasteiger partial charge in [0.2, 0.25) is 0 Å². The summed E-state index contributed by atoms with van der Waals surface area (Å²) in [6.07, 6.45) is 1.27. The molecule has 1 amide bonds. The fourth-order valence-electron chi connectivity index (χ4n) is 2.39. The number of rotatable bonds is 6. The lowest BCUT2D eigenvalue weighted by Gasteiger charge is -2.04. The van der Waals surface area contributed by atoms with Crippen LogP contribution in [0.5, 0.6) is 11.5 Å². The minimum absolute atomic E-state index is 0.0748. The third-order valence-electron chi connectivity index (χ3n) is 3.80. The molecule has 2 aromatic carbocycles. The van der Waals surface area contributed by atoms with Gasteiger partial charge in [0.25, 0.3) is 11.6 Å². The number of phenolic OH excluding ortho intramolecular Hbond substituents is 1. The number of methoxy groups -OCH3 is 1. The number of hydrazone groups is 1. The smallest absolute Gasteiger partial charge is 0.289 e. The maximum absolute atomic E-state index is 12.2. The van der Waals surface area contributed by atoms with Crippen molar-refractivity contribution in [3.05, 3.63) is 69.9 Å². The molecule has 0 fully saturated rings. The molecule has 0 spiro atoms. The zero-order chi connectivity index (χ0) is 20.1. The standard InChI is InChI=1S/C18H15N5O5/c1-28-16-7-3-5-12(17(16)24)10-19-22-18(25)15-9-14(20-21-15)11-4-2-6-13(8-11)23(26)27/h2-10,24H,1H3,(H,20,21)(H,22,25). The highest BCUT2D eigenvalue weighted by molar-refractivity contribution is 5.94. The normalized spacial score (nSPS) is 10.8. The number of benzene rings is 2. The molecule has 0 atom stereocenters. The van der Waals surface area contributed by atoms with E-state index in [0.29, 0.717) is 16.8 Å². The number of carbonyl (C=O) groups excluding carboxylic acids is 1. The molecule has 3 N–H and O–H groups in total. The average Bonchev–Trinajstić information content (AvgIpc) is 3.19. The van der Waals surface area contributed by atoms with Gasteiger partial charge in [-0.2, -0.15) is 10.2 Å². The van der Waals surface area contributed by atoms with Crippen molar-refractivity contribution in [2.75, 3.05) is 7.11 Å². The number of H-pyrrole nitrogens is 1. The van der Waals surface area contributed by atoms with E-state index in [0.717, 1.165) is 0 Å². The number of non-ortho nitro benzene ring substituents is 1. The topological polar surface area (TPSA) is 143 Å². The van der Waals surface area contributed by atoms with Gasteiger partial charge in [0, 0.05) is 23.3 Å². The first-order chi connectivity index (χ1) is 13.5. The molecule has 0 unspecified atom stereocenters. The van der Waals surface area contributed by atoms with E-state index in [1.165, 1.54) is 37.6 Å². The van der Waals surface area contributed by atoms with Crippen molar-refractivity contribution >= 4 is 17.8 Å². The Labute approximate surface area is 158 Å². The van der Waals surface area contributed by atoms with Crippen LogP contribution in [0.2, 0.25) is 0 Å². The number of aromatic hydroxyl groups is 1. The minimum Gasteiger partial charge on any atom is -0.504 e. The summed E-state index contributed by atoms with van der Waals surface area (Å²) < 4.78 is 5.00. The summed E-state index contributed by atoms with van der Waals surface area (Å²) in [4.78, 5) is 22.5. The zero-order valence-electron chi connectivity index (χ0n) is 14.6. The van der Waals surface area contributed by atoms with Crippen LogP contribution in [0.15, 0.2) is 53.6 Å². The van der Waals surface area contributed by atoms with Gasteiger partial charge in [0.1, 0.15) is 5.69 Å². The highest BCUT2D eigenvalue weighted by Gasteiger charge is 2.13. The van der Waals surface area contributed by atoms with Gasteiger partial charge in [-0.05, 0) is 18.2 Å². The molecular formula is C18H15N5O5. The summed E-state index contributed by atoms with van der Waals surface area (Å²) in [6.45, 7) is 0. The quantitative estimate of drug-likeness (QED) is 0.340. The van der Waals surface area contributed by atoms with Crippen LogP contribution < -0.4 is 10.2 Å². The van der Waals surface area contributed by atoms with Gasteiger partial charge in [-0.25, -0.2) is 5.43 Å². The van der Waals surface area contributed by atoms with Gasteiger partial charge in [0.15, 0.2) is 11.5 Å². The molecule has 0 saturated carbocycles. The Bertz CT molecular complexity index is 1060. The molecule has 0 aliphatic carbocycles. The number of phenols is 1. The third-order valence-corrected chi connectivity index (χ3v) is 3.80. The SMILES string of the molecule is COc1cccc(C=NNC(=O)c2cc(-c3cccc([N+](=O)[O-])c3)n[nH]2)c1O. The number of para-hydroxylation sites is 1. The van der Waals surface area contributed by atoms with E-state index in [1.807, 2.05) is 0 Å². The molecule has 3 aromatic rings. The molecule has 0 saturated heterocycles. The van der Waals surface area contributed by atoms with Crippen LogP contribution in [0.25, 0.3) is 11.3 Å². The molecule has 0 bridgehead atoms. The zero-order valence-corrected chi connectivity index (χ0v) is 14.6. The summed E-state index contributed by atoms with van der Waals surface area (Å²) in [6, 6.07) is 12.2. The Kier molecular flexibility index (Phi) is 5.30. The van der Waals surface area contributed by atoms with E-state index < -0.39 is 10.8 Å². The van der Waals surface area contributed by atoms with Crippen LogP contribution in [0.4, 0.5) is 5.69 Å². The summed E-state index contributed by atoms with van der Waals surface area (Å²) >= 11 is 0. The van der Waals surface area contributed by atoms with Crippen molar-refractivity contribution in [3.8, 4) is 22.8 Å². The van der Waals surface area contributed by atoms with Gasteiger partial charge in [-0.1, -0.05) is 18.2 Å². The summed E-state index contributed by atoms with van der Waals surface area (Å²) in [5, 5.41) is 31.2. The second-order valence-corrected chi connectivity index (χ2v) is 5.57. The predicted octanol–water partition coefficient (Wildman–Crippen LogP) is 2.46. The highest BCUT2D eigenvalue weighted by atomic mass is 16.6. The fourth-order valence-corrected chi connectivity index (χ4v) is 2.39. The molecule has 142 valence electrons. The summed E-state index contributed by atoms with van der Waals surface area (Å²) in [5.41, 5.74) is 3.59. The Morgan fingerprint density at radius 2 is 2.11 bits per heavy atom. The number of amides is 1. The van der Waals surface area contributed by atoms with Crippen LogP contribution in [0, 0.1) is 10.1 Å². The second-order valence-electron chi connectivity index (χ2n) is 5.57. The Balaban J connectivity index is 1.71. The first-order valence-electron chi connectivity index (χ1n) is 7.99. The fraction of sp³-hybridized carbons (Fsp3) is 0.0556. The van der Waals surface area contributed by atoms with Crippen LogP contribution in [-0.4, -0.2) is 39.5 Å². The number of ether oxygens (including phenoxy) is 1. The lowest BCUT2D eigenvalue weighted by Crippen LogP contribution is -2.18. The van der Waals surface area contributed by atoms with Crippen LogP contribution in [-0.2, 0) is 0 Å². The Morgan fingerprint density at radius 1 is 1.32 bits per heavy atom. The van der Waals surface area contributed by atoms with E-state index in [9.17, 15) is 20.0 Å². The number of aromatic nitrogens is 2. The Morgan fingerprint density at radius 3 is 2.86 bits per heavy atom. The molecule has 0 radical (unpaired) electrons. The molecule has 10 nitrogen and oxygen atoms in total. The monoisotopic (exact) mass is 381 g/mol. The van der Waals surface area contributed by atoms with E-state index in [1.54, 1.807) is 24.3 Å². The number of hydrogen-bond acceptors (Lipinski definition) is 7. The maximum Gasteiger partial charge on any atom is 0.289 e. The number of nitrogens with one attached hydrogen (secondary N) is 2. The van der Waals surface area contributed by atoms with Crippen molar-refractivity contribution in [2.45, 2.75) is 0 Å². The number of nitro benzene ring substituents is 1. The number of hydrogen-bond donors (Lipinski definition) is 3. The van der Waals surface area contributed by atoms with Gasteiger partial charge >= 0.3 is 0 Å². The Hall–Kier alpha value is -4.21. The largest absolute Gasteiger partial charge is 0.504 e. The molecule has 1 heterocycles. The van der Waals surface area contributed by atoms with Crippen molar-refractivity contribution < 1.29 is 19.6 Å². The highest BCUT2D eigenvalue weighted by Crippen LogP contribution is 2.28. The third kappa shape index (κ3) is 3.96. The molecule has 28 heavy (non-hydrogen) atoms. The van der Waals surface area contributed by atoms with Crippen molar-refractivity contribution in [1.82, 2.24) is 15.6 Å². The molecule has 10 heteroatoms. The molecule has 0 aliphatic rings. The summed E-state index contributed by atoms with van der Waals surface area (Å²) in [5.74, 6) is -0.384. The molecule has 3 rings (SSSR count). The predicted molar refractivity (Wildman–Crippen MR) is 100 cm³/mol. The second kappa shape index (κ2) is 7.99. The first-order valence-corrected chi connectivity index (χ1v) is 7.99. The van der Waals surface area contributed by atoms with E-state index in [-0.39, 0.29) is 22.9 Å². The molecule has 0 aliphatic heterocycles. The van der Waals surface area contributed by atoms with Gasteiger partial charge in [-0.3, -0.25) is 20.0 Å². The number of nitrogens with zero attached hydrogens (tertiary/aromatic N) is 3. The van der Waals surface area contributed by atoms with Gasteiger partial charge in [0.05, 0.1) is 23.9 Å². The van der Waals surface area contributed by atoms with Gasteiger partial charge in [-0.15, -0.1) is 0 Å². The van der Waals surface area contributed by atoms with Crippen molar-refractivity contribution in [1.29, 1.82) is 0 Å². The molecular weight excluding hydrogens is 366 g/mol. The van der Waals surface area contributed by atoms with Crippen LogP contribution in [0.1, 0.15) is 16.1 Å². The van der Waals surface area contributed by atoms with Crippen LogP contribution >= 0.6 is 0 Å². The van der Waals surface area contributed by atoms with E-state index in [2.05, 4.69) is 20.7 Å². The number of carbonyl (C=O) groups is 1. The lowest BCUT2D eigenvalue weighted by atomic mass is 10.1. The van der Waals surface area contributed by atoms with E-state index >= 15 is 0 Å². The minimum atomic E-state index is -0.567. The average molecular weight is 381 g/mol. The number of nitro groups is 1. The van der Waals surface area contributed by atoms with Gasteiger partial charge < -0.3 is 9.84 Å². The first kappa shape index (κ1) is 18.6.